The van der Waals surface area contributed by atoms with E-state index in [4.69, 9.17) is 4.74 Å². The van der Waals surface area contributed by atoms with Gasteiger partial charge in [0.2, 0.25) is 5.91 Å². The van der Waals surface area contributed by atoms with E-state index in [2.05, 4.69) is 10.6 Å². The van der Waals surface area contributed by atoms with Gasteiger partial charge in [0.05, 0.1) is 0 Å². The first-order chi connectivity index (χ1) is 9.65. The number of rotatable bonds is 7. The molecule has 2 atom stereocenters. The van der Waals surface area contributed by atoms with Crippen LogP contribution >= 0.6 is 0 Å². The number of amides is 1. The maximum atomic E-state index is 11.0. The summed E-state index contributed by atoms with van der Waals surface area (Å²) in [5.41, 5.74) is 1.06. The molecule has 0 bridgehead atoms. The minimum Gasteiger partial charge on any atom is -0.491 e. The van der Waals surface area contributed by atoms with Crippen LogP contribution in [0.1, 0.15) is 18.4 Å². The standard InChI is InChI=1S/C15H22N2O3/c1-11-4-2-3-5-14(11)20-10-13(18)9-16-8-12-6-7-15(19)17-12/h2-5,12-13,16,18H,6-10H2,1H3,(H,17,19). The molecule has 1 aromatic carbocycles. The number of aliphatic hydroxyl groups excluding tert-OH is 1. The van der Waals surface area contributed by atoms with E-state index in [1.165, 1.54) is 0 Å². The van der Waals surface area contributed by atoms with Crippen molar-refractivity contribution < 1.29 is 14.6 Å². The Morgan fingerprint density at radius 3 is 3.00 bits per heavy atom. The van der Waals surface area contributed by atoms with E-state index < -0.39 is 6.10 Å². The van der Waals surface area contributed by atoms with Gasteiger partial charge >= 0.3 is 0 Å². The molecule has 20 heavy (non-hydrogen) atoms. The molecule has 1 aliphatic rings. The summed E-state index contributed by atoms with van der Waals surface area (Å²) in [5.74, 6) is 0.912. The van der Waals surface area contributed by atoms with E-state index in [1.807, 2.05) is 31.2 Å². The average Bonchev–Trinajstić information content (AvgIpc) is 2.83. The SMILES string of the molecule is Cc1ccccc1OCC(O)CNCC1CCC(=O)N1. The van der Waals surface area contributed by atoms with Crippen molar-refractivity contribution in [2.45, 2.75) is 31.9 Å². The van der Waals surface area contributed by atoms with Crippen molar-refractivity contribution in [3.8, 4) is 5.75 Å². The Hall–Kier alpha value is -1.59. The van der Waals surface area contributed by atoms with Crippen LogP contribution in [0.5, 0.6) is 5.75 Å². The van der Waals surface area contributed by atoms with Crippen LogP contribution in [0.15, 0.2) is 24.3 Å². The maximum absolute atomic E-state index is 11.0. The van der Waals surface area contributed by atoms with Crippen LogP contribution in [-0.2, 0) is 4.79 Å². The molecule has 0 spiro atoms. The normalized spacial score (nSPS) is 19.7. The summed E-state index contributed by atoms with van der Waals surface area (Å²) >= 11 is 0. The number of aliphatic hydroxyl groups is 1. The summed E-state index contributed by atoms with van der Waals surface area (Å²) in [6, 6.07) is 7.92. The largest absolute Gasteiger partial charge is 0.491 e. The van der Waals surface area contributed by atoms with Crippen molar-refractivity contribution in [1.82, 2.24) is 10.6 Å². The van der Waals surface area contributed by atoms with Crippen LogP contribution in [0.4, 0.5) is 0 Å². The lowest BCUT2D eigenvalue weighted by atomic mass is 10.2. The predicted octanol–water partition coefficient (Wildman–Crippen LogP) is 0.603. The summed E-state index contributed by atoms with van der Waals surface area (Å²) in [7, 11) is 0. The molecule has 1 heterocycles. The fraction of sp³-hybridized carbons (Fsp3) is 0.533. The molecular weight excluding hydrogens is 256 g/mol. The van der Waals surface area contributed by atoms with Gasteiger partial charge in [-0.05, 0) is 25.0 Å². The molecule has 5 nitrogen and oxygen atoms in total. The molecule has 0 aromatic heterocycles. The summed E-state index contributed by atoms with van der Waals surface area (Å²) in [6.45, 7) is 3.38. The predicted molar refractivity (Wildman–Crippen MR) is 76.7 cm³/mol. The number of ether oxygens (including phenoxy) is 1. The molecular formula is C15H22N2O3. The van der Waals surface area contributed by atoms with Crippen LogP contribution in [-0.4, -0.2) is 42.9 Å². The van der Waals surface area contributed by atoms with Crippen molar-refractivity contribution in [1.29, 1.82) is 0 Å². The van der Waals surface area contributed by atoms with Crippen LogP contribution < -0.4 is 15.4 Å². The number of hydrogen-bond acceptors (Lipinski definition) is 4. The number of hydrogen-bond donors (Lipinski definition) is 3. The second-order valence-corrected chi connectivity index (χ2v) is 5.19. The van der Waals surface area contributed by atoms with Gasteiger partial charge < -0.3 is 20.5 Å². The lowest BCUT2D eigenvalue weighted by Gasteiger charge is -2.16. The van der Waals surface area contributed by atoms with Gasteiger partial charge in [-0.15, -0.1) is 0 Å². The van der Waals surface area contributed by atoms with Gasteiger partial charge in [-0.25, -0.2) is 0 Å². The minimum atomic E-state index is -0.563. The van der Waals surface area contributed by atoms with Crippen LogP contribution in [0, 0.1) is 6.92 Å². The Labute approximate surface area is 119 Å². The number of aryl methyl sites for hydroxylation is 1. The van der Waals surface area contributed by atoms with E-state index in [-0.39, 0.29) is 18.6 Å². The van der Waals surface area contributed by atoms with Gasteiger partial charge in [-0.1, -0.05) is 18.2 Å². The highest BCUT2D eigenvalue weighted by Gasteiger charge is 2.20. The first-order valence-corrected chi connectivity index (χ1v) is 7.01. The molecule has 1 saturated heterocycles. The van der Waals surface area contributed by atoms with Gasteiger partial charge in [0.1, 0.15) is 18.5 Å². The van der Waals surface area contributed by atoms with Crippen molar-refractivity contribution in [2.75, 3.05) is 19.7 Å². The van der Waals surface area contributed by atoms with E-state index >= 15 is 0 Å². The number of carbonyl (C=O) groups is 1. The van der Waals surface area contributed by atoms with Gasteiger partial charge in [0.25, 0.3) is 0 Å². The maximum Gasteiger partial charge on any atom is 0.220 e. The molecule has 3 N–H and O–H groups in total. The summed E-state index contributed by atoms with van der Waals surface area (Å²) < 4.78 is 5.58. The number of para-hydroxylation sites is 1. The highest BCUT2D eigenvalue weighted by Crippen LogP contribution is 2.16. The number of nitrogens with one attached hydrogen (secondary N) is 2. The molecule has 0 saturated carbocycles. The first kappa shape index (κ1) is 14.8. The Bertz CT molecular complexity index is 450. The minimum absolute atomic E-state index is 0.111. The zero-order valence-corrected chi connectivity index (χ0v) is 11.8. The third-order valence-electron chi connectivity index (χ3n) is 3.38. The number of carbonyl (C=O) groups excluding carboxylic acids is 1. The van der Waals surface area contributed by atoms with Gasteiger partial charge in [-0.2, -0.15) is 0 Å². The Morgan fingerprint density at radius 1 is 1.50 bits per heavy atom. The molecule has 1 fully saturated rings. The second kappa shape index (κ2) is 7.26. The third kappa shape index (κ3) is 4.51. The topological polar surface area (TPSA) is 70.6 Å². The lowest BCUT2D eigenvalue weighted by Crippen LogP contribution is -2.40. The fourth-order valence-electron chi connectivity index (χ4n) is 2.22. The van der Waals surface area contributed by atoms with Crippen molar-refractivity contribution >= 4 is 5.91 Å². The fourth-order valence-corrected chi connectivity index (χ4v) is 2.22. The van der Waals surface area contributed by atoms with Gasteiger partial charge in [0, 0.05) is 25.6 Å². The zero-order chi connectivity index (χ0) is 14.4. The Kier molecular flexibility index (Phi) is 5.38. The first-order valence-electron chi connectivity index (χ1n) is 7.01. The molecule has 2 unspecified atom stereocenters. The van der Waals surface area contributed by atoms with Crippen LogP contribution in [0.3, 0.4) is 0 Å². The van der Waals surface area contributed by atoms with Crippen molar-refractivity contribution in [3.63, 3.8) is 0 Å². The molecule has 2 rings (SSSR count). The highest BCUT2D eigenvalue weighted by molar-refractivity contribution is 5.78. The van der Waals surface area contributed by atoms with Crippen molar-refractivity contribution in [3.05, 3.63) is 29.8 Å². The van der Waals surface area contributed by atoms with E-state index in [9.17, 15) is 9.90 Å². The van der Waals surface area contributed by atoms with Gasteiger partial charge in [0.15, 0.2) is 0 Å². The lowest BCUT2D eigenvalue weighted by molar-refractivity contribution is -0.119. The van der Waals surface area contributed by atoms with E-state index in [1.54, 1.807) is 0 Å². The number of benzene rings is 1. The molecule has 1 amide bonds. The molecule has 0 aliphatic carbocycles. The molecule has 0 radical (unpaired) electrons. The van der Waals surface area contributed by atoms with Crippen LogP contribution in [0.25, 0.3) is 0 Å². The third-order valence-corrected chi connectivity index (χ3v) is 3.38. The summed E-state index contributed by atoms with van der Waals surface area (Å²) in [6.07, 6.45) is 0.902. The van der Waals surface area contributed by atoms with E-state index in [0.717, 1.165) is 17.7 Å². The summed E-state index contributed by atoms with van der Waals surface area (Å²) in [4.78, 5) is 11.0. The quantitative estimate of drug-likeness (QED) is 0.683. The Morgan fingerprint density at radius 2 is 2.30 bits per heavy atom. The van der Waals surface area contributed by atoms with Crippen molar-refractivity contribution in [2.24, 2.45) is 0 Å². The average molecular weight is 278 g/mol. The smallest absolute Gasteiger partial charge is 0.220 e. The van der Waals surface area contributed by atoms with Crippen LogP contribution in [0.2, 0.25) is 0 Å². The Balaban J connectivity index is 1.62. The highest BCUT2D eigenvalue weighted by atomic mass is 16.5. The molecule has 5 heteroatoms. The van der Waals surface area contributed by atoms with E-state index in [0.29, 0.717) is 19.5 Å². The molecule has 110 valence electrons. The molecule has 1 aliphatic heterocycles. The second-order valence-electron chi connectivity index (χ2n) is 5.19. The molecule has 1 aromatic rings. The summed E-state index contributed by atoms with van der Waals surface area (Å²) in [5, 5.41) is 15.9. The zero-order valence-electron chi connectivity index (χ0n) is 11.8. The monoisotopic (exact) mass is 278 g/mol. The van der Waals surface area contributed by atoms with Gasteiger partial charge in [-0.3, -0.25) is 4.79 Å².